The predicted molar refractivity (Wildman–Crippen MR) is 130 cm³/mol. The molecule has 0 atom stereocenters. The lowest BCUT2D eigenvalue weighted by Gasteiger charge is -2.35. The molecule has 0 aliphatic carbocycles. The Labute approximate surface area is 199 Å². The highest BCUT2D eigenvalue weighted by atomic mass is 35.5. The van der Waals surface area contributed by atoms with Gasteiger partial charge < -0.3 is 9.64 Å². The fraction of sp³-hybridized carbons (Fsp3) is 0.269. The van der Waals surface area contributed by atoms with Crippen LogP contribution in [0.15, 0.2) is 66.7 Å². The summed E-state index contributed by atoms with van der Waals surface area (Å²) in [6.07, 6.45) is 0. The predicted octanol–water partition coefficient (Wildman–Crippen LogP) is 5.84. The van der Waals surface area contributed by atoms with Gasteiger partial charge in [0, 0.05) is 43.3 Å². The van der Waals surface area contributed by atoms with Gasteiger partial charge >= 0.3 is 0 Å². The van der Waals surface area contributed by atoms with Gasteiger partial charge in [-0.05, 0) is 48.4 Å². The van der Waals surface area contributed by atoms with Crippen LogP contribution in [0, 0.1) is 6.92 Å². The van der Waals surface area contributed by atoms with Crippen molar-refractivity contribution in [1.29, 1.82) is 0 Å². The van der Waals surface area contributed by atoms with Crippen molar-refractivity contribution in [2.45, 2.75) is 20.1 Å². The molecule has 4 rings (SSSR count). The van der Waals surface area contributed by atoms with Crippen LogP contribution in [0.1, 0.15) is 27.0 Å². The molecular weight excluding hydrogens is 443 g/mol. The second-order valence-electron chi connectivity index (χ2n) is 8.12. The number of hydrogen-bond donors (Lipinski definition) is 0. The van der Waals surface area contributed by atoms with E-state index in [9.17, 15) is 4.79 Å². The molecule has 1 aliphatic rings. The molecular formula is C26H26Cl2N2O2. The highest BCUT2D eigenvalue weighted by Crippen LogP contribution is 2.28. The summed E-state index contributed by atoms with van der Waals surface area (Å²) in [7, 11) is 0. The zero-order valence-electron chi connectivity index (χ0n) is 18.1. The molecule has 0 saturated carbocycles. The molecule has 0 N–H and O–H groups in total. The standard InChI is InChI=1S/C26H26Cl2N2O2/c1-19-4-2-5-20(14-19)17-29-10-12-30(13-11-29)26(31)22-7-3-6-21(15-22)18-32-25-9-8-23(27)16-24(25)28/h2-9,14-16H,10-13,17-18H2,1H3. The van der Waals surface area contributed by atoms with Gasteiger partial charge in [0.1, 0.15) is 12.4 Å². The Balaban J connectivity index is 1.32. The summed E-state index contributed by atoms with van der Waals surface area (Å²) in [6, 6.07) is 21.3. The van der Waals surface area contributed by atoms with Gasteiger partial charge in [0.05, 0.1) is 5.02 Å². The maximum Gasteiger partial charge on any atom is 0.253 e. The minimum absolute atomic E-state index is 0.0616. The third kappa shape index (κ3) is 5.83. The number of nitrogens with zero attached hydrogens (tertiary/aromatic N) is 2. The number of halogens is 2. The van der Waals surface area contributed by atoms with Gasteiger partial charge in [-0.3, -0.25) is 9.69 Å². The first kappa shape index (κ1) is 22.7. The Hall–Kier alpha value is -2.53. The zero-order valence-corrected chi connectivity index (χ0v) is 19.6. The summed E-state index contributed by atoms with van der Waals surface area (Å²) >= 11 is 12.1. The van der Waals surface area contributed by atoms with Crippen LogP contribution in [0.25, 0.3) is 0 Å². The van der Waals surface area contributed by atoms with Crippen LogP contribution < -0.4 is 4.74 Å². The lowest BCUT2D eigenvalue weighted by atomic mass is 10.1. The molecule has 1 aliphatic heterocycles. The van der Waals surface area contributed by atoms with E-state index >= 15 is 0 Å². The number of hydrogen-bond acceptors (Lipinski definition) is 3. The number of carbonyl (C=O) groups excluding carboxylic acids is 1. The molecule has 0 spiro atoms. The number of rotatable bonds is 6. The number of aryl methyl sites for hydroxylation is 1. The Bertz CT molecular complexity index is 1090. The first-order valence-electron chi connectivity index (χ1n) is 10.7. The van der Waals surface area contributed by atoms with E-state index in [0.717, 1.165) is 38.3 Å². The zero-order chi connectivity index (χ0) is 22.5. The van der Waals surface area contributed by atoms with Gasteiger partial charge in [-0.25, -0.2) is 0 Å². The average molecular weight is 469 g/mol. The molecule has 1 fully saturated rings. The Morgan fingerprint density at radius 3 is 2.41 bits per heavy atom. The summed E-state index contributed by atoms with van der Waals surface area (Å²) in [5, 5.41) is 1.03. The van der Waals surface area contributed by atoms with Crippen LogP contribution in [0.4, 0.5) is 0 Å². The van der Waals surface area contributed by atoms with E-state index in [0.29, 0.717) is 28.0 Å². The van der Waals surface area contributed by atoms with E-state index in [4.69, 9.17) is 27.9 Å². The molecule has 3 aromatic carbocycles. The lowest BCUT2D eigenvalue weighted by molar-refractivity contribution is 0.0628. The molecule has 1 heterocycles. The van der Waals surface area contributed by atoms with Gasteiger partial charge in [0.15, 0.2) is 0 Å². The van der Waals surface area contributed by atoms with E-state index in [-0.39, 0.29) is 5.91 Å². The highest BCUT2D eigenvalue weighted by molar-refractivity contribution is 6.35. The fourth-order valence-electron chi connectivity index (χ4n) is 3.91. The molecule has 32 heavy (non-hydrogen) atoms. The smallest absolute Gasteiger partial charge is 0.253 e. The molecule has 0 unspecified atom stereocenters. The molecule has 0 aromatic heterocycles. The van der Waals surface area contributed by atoms with Gasteiger partial charge in [-0.1, -0.05) is 65.2 Å². The first-order valence-corrected chi connectivity index (χ1v) is 11.5. The Kier molecular flexibility index (Phi) is 7.36. The highest BCUT2D eigenvalue weighted by Gasteiger charge is 2.22. The number of carbonyl (C=O) groups is 1. The van der Waals surface area contributed by atoms with E-state index in [1.807, 2.05) is 29.2 Å². The second-order valence-corrected chi connectivity index (χ2v) is 8.96. The fourth-order valence-corrected chi connectivity index (χ4v) is 4.37. The molecule has 1 amide bonds. The van der Waals surface area contributed by atoms with Crippen molar-refractivity contribution < 1.29 is 9.53 Å². The summed E-state index contributed by atoms with van der Waals surface area (Å²) in [5.74, 6) is 0.629. The van der Waals surface area contributed by atoms with E-state index in [1.54, 1.807) is 18.2 Å². The van der Waals surface area contributed by atoms with Crippen molar-refractivity contribution in [3.05, 3.63) is 99.0 Å². The van der Waals surface area contributed by atoms with Crippen molar-refractivity contribution in [1.82, 2.24) is 9.80 Å². The number of amides is 1. The molecule has 6 heteroatoms. The second kappa shape index (κ2) is 10.4. The largest absolute Gasteiger partial charge is 0.487 e. The third-order valence-corrected chi connectivity index (χ3v) is 6.14. The molecule has 4 nitrogen and oxygen atoms in total. The summed E-state index contributed by atoms with van der Waals surface area (Å²) in [6.45, 7) is 6.56. The maximum atomic E-state index is 13.1. The Morgan fingerprint density at radius 2 is 1.66 bits per heavy atom. The molecule has 0 bridgehead atoms. The molecule has 1 saturated heterocycles. The minimum Gasteiger partial charge on any atom is -0.487 e. The molecule has 166 valence electrons. The average Bonchev–Trinajstić information content (AvgIpc) is 2.79. The maximum absolute atomic E-state index is 13.1. The Morgan fingerprint density at radius 1 is 0.906 bits per heavy atom. The SMILES string of the molecule is Cc1cccc(CN2CCN(C(=O)c3cccc(COc4ccc(Cl)cc4Cl)c3)CC2)c1. The number of benzene rings is 3. The van der Waals surface area contributed by atoms with Crippen molar-refractivity contribution in [2.24, 2.45) is 0 Å². The monoisotopic (exact) mass is 468 g/mol. The van der Waals surface area contributed by atoms with Crippen LogP contribution in [0.2, 0.25) is 10.0 Å². The van der Waals surface area contributed by atoms with Crippen molar-refractivity contribution in [3.8, 4) is 5.75 Å². The van der Waals surface area contributed by atoms with Gasteiger partial charge in [-0.2, -0.15) is 0 Å². The van der Waals surface area contributed by atoms with Crippen LogP contribution in [0.3, 0.4) is 0 Å². The lowest BCUT2D eigenvalue weighted by Crippen LogP contribution is -2.48. The minimum atomic E-state index is 0.0616. The normalized spacial score (nSPS) is 14.4. The molecule has 0 radical (unpaired) electrons. The van der Waals surface area contributed by atoms with Crippen LogP contribution in [-0.4, -0.2) is 41.9 Å². The van der Waals surface area contributed by atoms with Crippen molar-refractivity contribution in [2.75, 3.05) is 26.2 Å². The number of ether oxygens (including phenoxy) is 1. The van der Waals surface area contributed by atoms with Crippen LogP contribution >= 0.6 is 23.2 Å². The quantitative estimate of drug-likeness (QED) is 0.455. The van der Waals surface area contributed by atoms with E-state index in [2.05, 4.69) is 36.1 Å². The number of piperazine rings is 1. The van der Waals surface area contributed by atoms with Crippen molar-refractivity contribution >= 4 is 29.1 Å². The summed E-state index contributed by atoms with van der Waals surface area (Å²) < 4.78 is 5.81. The first-order chi connectivity index (χ1) is 15.5. The molecule has 3 aromatic rings. The van der Waals surface area contributed by atoms with E-state index in [1.165, 1.54) is 11.1 Å². The van der Waals surface area contributed by atoms with E-state index < -0.39 is 0 Å². The van der Waals surface area contributed by atoms with Gasteiger partial charge in [0.25, 0.3) is 5.91 Å². The summed E-state index contributed by atoms with van der Waals surface area (Å²) in [5.41, 5.74) is 4.19. The van der Waals surface area contributed by atoms with Gasteiger partial charge in [-0.15, -0.1) is 0 Å². The topological polar surface area (TPSA) is 32.8 Å². The summed E-state index contributed by atoms with van der Waals surface area (Å²) in [4.78, 5) is 17.4. The third-order valence-electron chi connectivity index (χ3n) is 5.61. The van der Waals surface area contributed by atoms with Crippen molar-refractivity contribution in [3.63, 3.8) is 0 Å². The van der Waals surface area contributed by atoms with Gasteiger partial charge in [0.2, 0.25) is 0 Å². The van der Waals surface area contributed by atoms with Crippen LogP contribution in [-0.2, 0) is 13.2 Å². The van der Waals surface area contributed by atoms with Crippen LogP contribution in [0.5, 0.6) is 5.75 Å².